The van der Waals surface area contributed by atoms with Crippen molar-refractivity contribution in [3.63, 3.8) is 0 Å². The van der Waals surface area contributed by atoms with Gasteiger partial charge in [-0.2, -0.15) is 0 Å². The van der Waals surface area contributed by atoms with Gasteiger partial charge in [0.05, 0.1) is 18.4 Å². The summed E-state index contributed by atoms with van der Waals surface area (Å²) >= 11 is 0. The molecule has 0 amide bonds. The van der Waals surface area contributed by atoms with Crippen molar-refractivity contribution in [3.05, 3.63) is 18.6 Å². The quantitative estimate of drug-likeness (QED) is 0.681. The minimum Gasteiger partial charge on any atom is -0.369 e. The molecule has 0 spiro atoms. The van der Waals surface area contributed by atoms with Gasteiger partial charge in [0.1, 0.15) is 5.82 Å². The molecule has 1 aromatic rings. The average Bonchev–Trinajstić information content (AvgIpc) is 2.30. The highest BCUT2D eigenvalue weighted by Crippen LogP contribution is 2.18. The predicted molar refractivity (Wildman–Crippen MR) is 55.8 cm³/mol. The number of hydrogen-bond donors (Lipinski definition) is 1. The highest BCUT2D eigenvalue weighted by atomic mass is 16.5. The van der Waals surface area contributed by atoms with Gasteiger partial charge in [0.25, 0.3) is 0 Å². The van der Waals surface area contributed by atoms with E-state index in [1.54, 1.807) is 12.4 Å². The lowest BCUT2D eigenvalue weighted by molar-refractivity contribution is -0.0486. The van der Waals surface area contributed by atoms with Gasteiger partial charge in [-0.15, -0.1) is 0 Å². The van der Waals surface area contributed by atoms with Crippen LogP contribution in [0.1, 0.15) is 0 Å². The number of anilines is 1. The van der Waals surface area contributed by atoms with E-state index >= 15 is 0 Å². The normalized spacial score (nSPS) is 30.3. The van der Waals surface area contributed by atoms with E-state index < -0.39 is 0 Å². The molecule has 2 fully saturated rings. The molecule has 80 valence electrons. The van der Waals surface area contributed by atoms with Gasteiger partial charge in [-0.25, -0.2) is 4.98 Å². The third-order valence-electron chi connectivity index (χ3n) is 2.85. The molecular weight excluding hydrogens is 192 g/mol. The monoisotopic (exact) mass is 206 g/mol. The Morgan fingerprint density at radius 2 is 2.07 bits per heavy atom. The van der Waals surface area contributed by atoms with E-state index in [1.807, 2.05) is 6.20 Å². The highest BCUT2D eigenvalue weighted by Gasteiger charge is 2.31. The molecule has 3 heterocycles. The van der Waals surface area contributed by atoms with Crippen LogP contribution >= 0.6 is 0 Å². The van der Waals surface area contributed by atoms with Crippen LogP contribution in [0.15, 0.2) is 18.6 Å². The Balaban J connectivity index is 1.78. The van der Waals surface area contributed by atoms with E-state index in [9.17, 15) is 0 Å². The molecule has 1 N–H and O–H groups in total. The number of nitrogens with zero attached hydrogens (tertiary/aromatic N) is 3. The summed E-state index contributed by atoms with van der Waals surface area (Å²) in [6.45, 7) is 3.69. The fraction of sp³-hybridized carbons (Fsp3) is 0.600. The Hall–Kier alpha value is -1.20. The first-order chi connectivity index (χ1) is 7.42. The summed E-state index contributed by atoms with van der Waals surface area (Å²) in [4.78, 5) is 10.7. The number of morpholine rings is 2. The summed E-state index contributed by atoms with van der Waals surface area (Å²) in [7, 11) is 0. The SMILES string of the molecule is c1cnc(N2CC3CNCC(C2)O3)cn1. The van der Waals surface area contributed by atoms with Crippen molar-refractivity contribution >= 4 is 5.82 Å². The summed E-state index contributed by atoms with van der Waals surface area (Å²) in [5, 5.41) is 3.37. The average molecular weight is 206 g/mol. The third kappa shape index (κ3) is 1.80. The maximum atomic E-state index is 5.82. The van der Waals surface area contributed by atoms with Crippen molar-refractivity contribution in [2.45, 2.75) is 12.2 Å². The lowest BCUT2D eigenvalue weighted by Gasteiger charge is -2.42. The van der Waals surface area contributed by atoms with E-state index in [0.717, 1.165) is 32.0 Å². The molecular formula is C10H14N4O. The molecule has 0 radical (unpaired) electrons. The van der Waals surface area contributed by atoms with Crippen molar-refractivity contribution in [1.82, 2.24) is 15.3 Å². The molecule has 0 aromatic carbocycles. The van der Waals surface area contributed by atoms with Gasteiger partial charge < -0.3 is 15.0 Å². The third-order valence-corrected chi connectivity index (χ3v) is 2.85. The van der Waals surface area contributed by atoms with E-state index in [-0.39, 0.29) is 0 Å². The zero-order valence-corrected chi connectivity index (χ0v) is 8.47. The van der Waals surface area contributed by atoms with Gasteiger partial charge in [-0.1, -0.05) is 0 Å². The van der Waals surface area contributed by atoms with E-state index in [1.165, 1.54) is 0 Å². The fourth-order valence-electron chi connectivity index (χ4n) is 2.20. The Bertz CT molecular complexity index is 319. The number of nitrogens with one attached hydrogen (secondary N) is 1. The second kappa shape index (κ2) is 3.75. The number of ether oxygens (including phenoxy) is 1. The van der Waals surface area contributed by atoms with Gasteiger partial charge in [0, 0.05) is 38.6 Å². The summed E-state index contributed by atoms with van der Waals surface area (Å²) in [5.41, 5.74) is 0. The largest absolute Gasteiger partial charge is 0.369 e. The maximum Gasteiger partial charge on any atom is 0.147 e. The molecule has 1 aromatic heterocycles. The zero-order valence-electron chi connectivity index (χ0n) is 8.47. The van der Waals surface area contributed by atoms with Crippen LogP contribution in [0.25, 0.3) is 0 Å². The van der Waals surface area contributed by atoms with E-state index in [2.05, 4.69) is 20.2 Å². The maximum absolute atomic E-state index is 5.82. The summed E-state index contributed by atoms with van der Waals surface area (Å²) in [6.07, 6.45) is 5.83. The Morgan fingerprint density at radius 1 is 1.27 bits per heavy atom. The molecule has 2 unspecified atom stereocenters. The predicted octanol–water partition coefficient (Wildman–Crippen LogP) is -0.346. The van der Waals surface area contributed by atoms with Gasteiger partial charge in [-0.3, -0.25) is 4.98 Å². The first kappa shape index (κ1) is 9.06. The van der Waals surface area contributed by atoms with E-state index in [0.29, 0.717) is 12.2 Å². The molecule has 2 aliphatic rings. The minimum atomic E-state index is 0.291. The smallest absolute Gasteiger partial charge is 0.147 e. The molecule has 0 aliphatic carbocycles. The Labute approximate surface area is 88.5 Å². The van der Waals surface area contributed by atoms with Gasteiger partial charge in [-0.05, 0) is 0 Å². The number of fused-ring (bicyclic) bond motifs is 2. The van der Waals surface area contributed by atoms with E-state index in [4.69, 9.17) is 4.74 Å². The first-order valence-electron chi connectivity index (χ1n) is 5.29. The van der Waals surface area contributed by atoms with Crippen LogP contribution in [-0.2, 0) is 4.74 Å². The topological polar surface area (TPSA) is 50.3 Å². The van der Waals surface area contributed by atoms with Gasteiger partial charge >= 0.3 is 0 Å². The van der Waals surface area contributed by atoms with Crippen LogP contribution in [0, 0.1) is 0 Å². The molecule has 5 heteroatoms. The van der Waals surface area contributed by atoms with Gasteiger partial charge in [0.2, 0.25) is 0 Å². The second-order valence-corrected chi connectivity index (χ2v) is 4.01. The highest BCUT2D eigenvalue weighted by molar-refractivity contribution is 5.36. The number of rotatable bonds is 1. The molecule has 3 rings (SSSR count). The number of hydrogen-bond acceptors (Lipinski definition) is 5. The van der Waals surface area contributed by atoms with Crippen LogP contribution in [0.5, 0.6) is 0 Å². The summed E-state index contributed by atoms with van der Waals surface area (Å²) < 4.78 is 5.82. The first-order valence-corrected chi connectivity index (χ1v) is 5.29. The van der Waals surface area contributed by atoms with Crippen LogP contribution in [0.4, 0.5) is 5.82 Å². The summed E-state index contributed by atoms with van der Waals surface area (Å²) in [6, 6.07) is 0. The van der Waals surface area contributed by atoms with Crippen LogP contribution in [0.3, 0.4) is 0 Å². The van der Waals surface area contributed by atoms with Crippen LogP contribution < -0.4 is 10.2 Å². The van der Waals surface area contributed by atoms with Crippen molar-refractivity contribution in [2.24, 2.45) is 0 Å². The molecule has 2 atom stereocenters. The molecule has 2 bridgehead atoms. The van der Waals surface area contributed by atoms with Crippen molar-refractivity contribution in [3.8, 4) is 0 Å². The second-order valence-electron chi connectivity index (χ2n) is 4.01. The van der Waals surface area contributed by atoms with Crippen molar-refractivity contribution < 1.29 is 4.74 Å². The van der Waals surface area contributed by atoms with Crippen LogP contribution in [0.2, 0.25) is 0 Å². The Kier molecular flexibility index (Phi) is 2.26. The van der Waals surface area contributed by atoms with Crippen LogP contribution in [-0.4, -0.2) is 48.4 Å². The molecule has 15 heavy (non-hydrogen) atoms. The minimum absolute atomic E-state index is 0.291. The zero-order chi connectivity index (χ0) is 10.1. The lowest BCUT2D eigenvalue weighted by Crippen LogP contribution is -2.58. The standard InChI is InChI=1S/C10H14N4O/c1-2-13-10(5-11-1)14-6-8-3-12-4-9(7-14)15-8/h1-2,5,8-9,12H,3-4,6-7H2. The lowest BCUT2D eigenvalue weighted by atomic mass is 10.1. The van der Waals surface area contributed by atoms with Crippen molar-refractivity contribution in [2.75, 3.05) is 31.1 Å². The molecule has 0 saturated carbocycles. The van der Waals surface area contributed by atoms with Crippen molar-refractivity contribution in [1.29, 1.82) is 0 Å². The number of aromatic nitrogens is 2. The fourth-order valence-corrected chi connectivity index (χ4v) is 2.20. The molecule has 5 nitrogen and oxygen atoms in total. The molecule has 2 aliphatic heterocycles. The molecule has 2 saturated heterocycles. The Morgan fingerprint density at radius 3 is 2.73 bits per heavy atom. The van der Waals surface area contributed by atoms with Gasteiger partial charge in [0.15, 0.2) is 0 Å². The summed E-state index contributed by atoms with van der Waals surface area (Å²) in [5.74, 6) is 0.956.